The first-order valence-electron chi connectivity index (χ1n) is 7.80. The number of hydrogen-bond donors (Lipinski definition) is 1. The van der Waals surface area contributed by atoms with Crippen molar-refractivity contribution >= 4 is 17.7 Å². The maximum absolute atomic E-state index is 12.5. The number of benzene rings is 1. The molecule has 6 heteroatoms. The van der Waals surface area contributed by atoms with Crippen LogP contribution < -0.4 is 10.1 Å². The number of aromatic nitrogens is 2. The largest absolute Gasteiger partial charge is 0.497 e. The Morgan fingerprint density at radius 1 is 1.43 bits per heavy atom. The third kappa shape index (κ3) is 3.52. The molecule has 2 aromatic rings. The second kappa shape index (κ2) is 7.08. The van der Waals surface area contributed by atoms with E-state index in [0.29, 0.717) is 5.69 Å². The summed E-state index contributed by atoms with van der Waals surface area (Å²) in [5, 5.41) is 3.08. The van der Waals surface area contributed by atoms with Crippen LogP contribution >= 0.6 is 11.8 Å². The number of aryl methyl sites for hydroxylation is 1. The van der Waals surface area contributed by atoms with E-state index in [0.717, 1.165) is 41.6 Å². The number of nitrogens with zero attached hydrogens (tertiary/aromatic N) is 2. The summed E-state index contributed by atoms with van der Waals surface area (Å²) < 4.78 is 7.26. The molecule has 3 rings (SSSR count). The molecule has 1 atom stereocenters. The number of amides is 1. The molecule has 1 aliphatic rings. The second-order valence-electron chi connectivity index (χ2n) is 5.50. The molecule has 1 aliphatic heterocycles. The first-order valence-corrected chi connectivity index (χ1v) is 8.95. The molecular formula is C17H21N3O2S. The molecule has 0 saturated heterocycles. The van der Waals surface area contributed by atoms with Gasteiger partial charge in [-0.2, -0.15) is 11.8 Å². The first-order chi connectivity index (χ1) is 11.2. The molecule has 0 saturated carbocycles. The standard InChI is InChI=1S/C17H21N3O2S/c1-3-14(12-4-6-13(22-2)7-5-12)19-17(21)15-10-20-8-9-23-11-16(20)18-15/h4-7,10,14H,3,8-9,11H2,1-2H3,(H,19,21). The summed E-state index contributed by atoms with van der Waals surface area (Å²) in [6, 6.07) is 7.78. The number of carbonyl (C=O) groups excluding carboxylic acids is 1. The molecule has 1 unspecified atom stereocenters. The van der Waals surface area contributed by atoms with E-state index in [9.17, 15) is 4.79 Å². The number of carbonyl (C=O) groups is 1. The fraction of sp³-hybridized carbons (Fsp3) is 0.412. The van der Waals surface area contributed by atoms with Crippen LogP contribution in [-0.4, -0.2) is 28.3 Å². The Morgan fingerprint density at radius 3 is 2.87 bits per heavy atom. The Bertz CT molecular complexity index is 658. The smallest absolute Gasteiger partial charge is 0.271 e. The highest BCUT2D eigenvalue weighted by Gasteiger charge is 2.19. The van der Waals surface area contributed by atoms with Crippen LogP contribution in [0.25, 0.3) is 0 Å². The lowest BCUT2D eigenvalue weighted by Gasteiger charge is -2.17. The fourth-order valence-electron chi connectivity index (χ4n) is 2.69. The van der Waals surface area contributed by atoms with Crippen molar-refractivity contribution in [2.75, 3.05) is 12.9 Å². The molecule has 122 valence electrons. The minimum atomic E-state index is -0.112. The number of fused-ring (bicyclic) bond motifs is 1. The lowest BCUT2D eigenvalue weighted by molar-refractivity contribution is 0.0931. The molecular weight excluding hydrogens is 310 g/mol. The third-order valence-corrected chi connectivity index (χ3v) is 4.96. The summed E-state index contributed by atoms with van der Waals surface area (Å²) in [7, 11) is 1.65. The lowest BCUT2D eigenvalue weighted by Crippen LogP contribution is -2.28. The highest BCUT2D eigenvalue weighted by Crippen LogP contribution is 2.22. The van der Waals surface area contributed by atoms with Gasteiger partial charge in [-0.15, -0.1) is 0 Å². The minimum Gasteiger partial charge on any atom is -0.497 e. The molecule has 5 nitrogen and oxygen atoms in total. The highest BCUT2D eigenvalue weighted by molar-refractivity contribution is 7.98. The van der Waals surface area contributed by atoms with Crippen LogP contribution in [0.5, 0.6) is 5.75 Å². The zero-order chi connectivity index (χ0) is 16.2. The number of methoxy groups -OCH3 is 1. The summed E-state index contributed by atoms with van der Waals surface area (Å²) in [6.07, 6.45) is 2.69. The maximum atomic E-state index is 12.5. The van der Waals surface area contributed by atoms with Crippen molar-refractivity contribution in [3.05, 3.63) is 47.5 Å². The number of imidazole rings is 1. The van der Waals surface area contributed by atoms with Gasteiger partial charge in [0.15, 0.2) is 0 Å². The van der Waals surface area contributed by atoms with Crippen molar-refractivity contribution in [3.8, 4) is 5.75 Å². The van der Waals surface area contributed by atoms with Crippen LogP contribution in [0.15, 0.2) is 30.5 Å². The van der Waals surface area contributed by atoms with Gasteiger partial charge in [0, 0.05) is 18.5 Å². The van der Waals surface area contributed by atoms with Crippen molar-refractivity contribution in [1.29, 1.82) is 0 Å². The Balaban J connectivity index is 1.72. The van der Waals surface area contributed by atoms with Gasteiger partial charge < -0.3 is 14.6 Å². The third-order valence-electron chi connectivity index (χ3n) is 4.03. The maximum Gasteiger partial charge on any atom is 0.271 e. The van der Waals surface area contributed by atoms with E-state index in [-0.39, 0.29) is 11.9 Å². The lowest BCUT2D eigenvalue weighted by atomic mass is 10.0. The Kier molecular flexibility index (Phi) is 4.91. The summed E-state index contributed by atoms with van der Waals surface area (Å²) in [4.78, 5) is 17.0. The van der Waals surface area contributed by atoms with Crippen molar-refractivity contribution in [1.82, 2.24) is 14.9 Å². The summed E-state index contributed by atoms with van der Waals surface area (Å²) in [5.74, 6) is 3.65. The molecule has 1 N–H and O–H groups in total. The highest BCUT2D eigenvalue weighted by atomic mass is 32.2. The second-order valence-corrected chi connectivity index (χ2v) is 6.60. The van der Waals surface area contributed by atoms with Crippen molar-refractivity contribution in [2.24, 2.45) is 0 Å². The predicted molar refractivity (Wildman–Crippen MR) is 91.9 cm³/mol. The van der Waals surface area contributed by atoms with Crippen LogP contribution in [0, 0.1) is 0 Å². The molecule has 0 fully saturated rings. The Labute approximate surface area is 140 Å². The predicted octanol–water partition coefficient (Wildman–Crippen LogP) is 3.02. The van der Waals surface area contributed by atoms with Gasteiger partial charge in [-0.1, -0.05) is 19.1 Å². The molecule has 0 aliphatic carbocycles. The Morgan fingerprint density at radius 2 is 2.22 bits per heavy atom. The van der Waals surface area contributed by atoms with Crippen molar-refractivity contribution < 1.29 is 9.53 Å². The monoisotopic (exact) mass is 331 g/mol. The zero-order valence-electron chi connectivity index (χ0n) is 13.4. The summed E-state index contributed by atoms with van der Waals surface area (Å²) in [6.45, 7) is 2.99. The van der Waals surface area contributed by atoms with Gasteiger partial charge in [0.25, 0.3) is 5.91 Å². The van der Waals surface area contributed by atoms with Crippen LogP contribution in [0.4, 0.5) is 0 Å². The van der Waals surface area contributed by atoms with Crippen LogP contribution in [0.2, 0.25) is 0 Å². The van der Waals surface area contributed by atoms with E-state index in [1.54, 1.807) is 7.11 Å². The van der Waals surface area contributed by atoms with Crippen molar-refractivity contribution in [2.45, 2.75) is 31.7 Å². The molecule has 2 heterocycles. The van der Waals surface area contributed by atoms with Crippen molar-refractivity contribution in [3.63, 3.8) is 0 Å². The molecule has 0 bridgehead atoms. The molecule has 23 heavy (non-hydrogen) atoms. The number of hydrogen-bond acceptors (Lipinski definition) is 4. The Hall–Kier alpha value is -1.95. The number of nitrogens with one attached hydrogen (secondary N) is 1. The van der Waals surface area contributed by atoms with E-state index in [2.05, 4.69) is 21.8 Å². The number of ether oxygens (including phenoxy) is 1. The van der Waals surface area contributed by atoms with Gasteiger partial charge in [0.1, 0.15) is 17.3 Å². The number of rotatable bonds is 5. The van der Waals surface area contributed by atoms with Gasteiger partial charge in [0.05, 0.1) is 18.9 Å². The molecule has 0 spiro atoms. The minimum absolute atomic E-state index is 0.0264. The molecule has 1 aromatic carbocycles. The average molecular weight is 331 g/mol. The molecule has 1 aromatic heterocycles. The van der Waals surface area contributed by atoms with E-state index in [1.807, 2.05) is 42.2 Å². The SMILES string of the molecule is CCC(NC(=O)c1cn2c(n1)CSCC2)c1ccc(OC)cc1. The first kappa shape index (κ1) is 15.9. The molecule has 0 radical (unpaired) electrons. The number of thioether (sulfide) groups is 1. The van der Waals surface area contributed by atoms with Crippen LogP contribution in [-0.2, 0) is 12.3 Å². The molecule has 1 amide bonds. The topological polar surface area (TPSA) is 56.2 Å². The van der Waals surface area contributed by atoms with Gasteiger partial charge in [-0.05, 0) is 24.1 Å². The van der Waals surface area contributed by atoms with Gasteiger partial charge >= 0.3 is 0 Å². The van der Waals surface area contributed by atoms with Gasteiger partial charge in [-0.3, -0.25) is 4.79 Å². The van der Waals surface area contributed by atoms with Gasteiger partial charge in [-0.25, -0.2) is 4.98 Å². The fourth-order valence-corrected chi connectivity index (χ4v) is 3.57. The summed E-state index contributed by atoms with van der Waals surface area (Å²) in [5.41, 5.74) is 1.58. The normalized spacial score (nSPS) is 14.9. The summed E-state index contributed by atoms with van der Waals surface area (Å²) >= 11 is 1.85. The van der Waals surface area contributed by atoms with E-state index in [4.69, 9.17) is 4.74 Å². The van der Waals surface area contributed by atoms with Gasteiger partial charge in [0.2, 0.25) is 0 Å². The van der Waals surface area contributed by atoms with E-state index < -0.39 is 0 Å². The van der Waals surface area contributed by atoms with Crippen LogP contribution in [0.3, 0.4) is 0 Å². The zero-order valence-corrected chi connectivity index (χ0v) is 14.2. The van der Waals surface area contributed by atoms with E-state index in [1.165, 1.54) is 0 Å². The quantitative estimate of drug-likeness (QED) is 0.915. The van der Waals surface area contributed by atoms with E-state index >= 15 is 0 Å². The van der Waals surface area contributed by atoms with Crippen LogP contribution in [0.1, 0.15) is 41.3 Å². The average Bonchev–Trinajstić information content (AvgIpc) is 3.04.